The van der Waals surface area contributed by atoms with Crippen LogP contribution in [0.2, 0.25) is 0 Å². The van der Waals surface area contributed by atoms with Gasteiger partial charge in [0.15, 0.2) is 0 Å². The van der Waals surface area contributed by atoms with Crippen molar-refractivity contribution in [1.29, 1.82) is 0 Å². The molecule has 0 aliphatic rings. The third-order valence-corrected chi connectivity index (χ3v) is 3.11. The second-order valence-corrected chi connectivity index (χ2v) is 4.42. The Labute approximate surface area is 117 Å². The first-order valence-electron chi connectivity index (χ1n) is 6.05. The van der Waals surface area contributed by atoms with Gasteiger partial charge in [-0.15, -0.1) is 0 Å². The van der Waals surface area contributed by atoms with Crippen molar-refractivity contribution in [2.45, 2.75) is 6.18 Å². The highest BCUT2D eigenvalue weighted by Gasteiger charge is 2.30. The molecule has 0 fully saturated rings. The molecule has 0 unspecified atom stereocenters. The first-order valence-corrected chi connectivity index (χ1v) is 6.05. The summed E-state index contributed by atoms with van der Waals surface area (Å²) in [5, 5.41) is 7.30. The number of hydrogen-bond acceptors (Lipinski definition) is 3. The van der Waals surface area contributed by atoms with Crippen molar-refractivity contribution in [3.05, 3.63) is 42.1 Å². The van der Waals surface area contributed by atoms with Crippen LogP contribution >= 0.6 is 0 Å². The lowest BCUT2D eigenvalue weighted by molar-refractivity contribution is -0.137. The van der Waals surface area contributed by atoms with E-state index in [4.69, 9.17) is 4.74 Å². The van der Waals surface area contributed by atoms with Crippen molar-refractivity contribution < 1.29 is 17.9 Å². The molecule has 0 saturated heterocycles. The number of aromatic amines is 1. The largest absolute Gasteiger partial charge is 0.481 e. The third kappa shape index (κ3) is 2.42. The number of nitrogens with one attached hydrogen (secondary N) is 1. The van der Waals surface area contributed by atoms with E-state index in [0.29, 0.717) is 28.0 Å². The smallest absolute Gasteiger partial charge is 0.416 e. The summed E-state index contributed by atoms with van der Waals surface area (Å²) in [5.41, 5.74) is 0.865. The summed E-state index contributed by atoms with van der Waals surface area (Å²) >= 11 is 0. The highest BCUT2D eigenvalue weighted by molar-refractivity contribution is 5.93. The van der Waals surface area contributed by atoms with Crippen molar-refractivity contribution in [2.75, 3.05) is 7.11 Å². The molecule has 1 aromatic carbocycles. The van der Waals surface area contributed by atoms with Crippen LogP contribution in [0.5, 0.6) is 5.88 Å². The summed E-state index contributed by atoms with van der Waals surface area (Å²) in [6, 6.07) is 6.90. The Morgan fingerprint density at radius 1 is 1.14 bits per heavy atom. The lowest BCUT2D eigenvalue weighted by Crippen LogP contribution is -2.04. The Bertz CT molecular complexity index is 778. The maximum absolute atomic E-state index is 12.7. The van der Waals surface area contributed by atoms with E-state index in [0.717, 1.165) is 12.1 Å². The van der Waals surface area contributed by atoms with Gasteiger partial charge in [-0.3, -0.25) is 5.10 Å². The van der Waals surface area contributed by atoms with Crippen LogP contribution in [-0.4, -0.2) is 22.3 Å². The summed E-state index contributed by atoms with van der Waals surface area (Å²) < 4.78 is 43.0. The van der Waals surface area contributed by atoms with E-state index in [-0.39, 0.29) is 0 Å². The second kappa shape index (κ2) is 4.76. The zero-order valence-corrected chi connectivity index (χ0v) is 10.9. The predicted octanol–water partition coefficient (Wildman–Crippen LogP) is 3.65. The summed E-state index contributed by atoms with van der Waals surface area (Å²) in [4.78, 5) is 4.06. The number of hydrogen-bond donors (Lipinski definition) is 1. The molecule has 3 rings (SSSR count). The first kappa shape index (κ1) is 13.4. The fraction of sp³-hybridized carbons (Fsp3) is 0.143. The van der Waals surface area contributed by atoms with E-state index in [1.807, 2.05) is 0 Å². The van der Waals surface area contributed by atoms with Crippen LogP contribution in [0.25, 0.3) is 22.2 Å². The molecule has 7 heteroatoms. The van der Waals surface area contributed by atoms with Crippen LogP contribution in [-0.2, 0) is 6.18 Å². The number of methoxy groups -OCH3 is 1. The minimum absolute atomic E-state index is 0.329. The number of halogens is 3. The van der Waals surface area contributed by atoms with Gasteiger partial charge in [0.05, 0.1) is 18.2 Å². The summed E-state index contributed by atoms with van der Waals surface area (Å²) in [5.74, 6) is 0.456. The number of alkyl halides is 3. The van der Waals surface area contributed by atoms with Crippen LogP contribution in [0, 0.1) is 0 Å². The van der Waals surface area contributed by atoms with Crippen LogP contribution in [0.15, 0.2) is 36.5 Å². The number of aromatic nitrogens is 3. The number of H-pyrrole nitrogens is 1. The summed E-state index contributed by atoms with van der Waals surface area (Å²) in [6.07, 6.45) is -2.81. The fourth-order valence-electron chi connectivity index (χ4n) is 2.06. The SMILES string of the molecule is COc1ccc(-c2n[nH]c3cc(C(F)(F)F)ccc23)cn1. The molecule has 3 aromatic rings. The number of nitrogens with zero attached hydrogens (tertiary/aromatic N) is 2. The van der Waals surface area contributed by atoms with Crippen molar-refractivity contribution in [3.63, 3.8) is 0 Å². The third-order valence-electron chi connectivity index (χ3n) is 3.11. The molecule has 108 valence electrons. The Morgan fingerprint density at radius 3 is 2.57 bits per heavy atom. The van der Waals surface area contributed by atoms with Gasteiger partial charge in [0.25, 0.3) is 0 Å². The molecular weight excluding hydrogens is 283 g/mol. The fourth-order valence-corrected chi connectivity index (χ4v) is 2.06. The lowest BCUT2D eigenvalue weighted by atomic mass is 10.1. The molecule has 0 radical (unpaired) electrons. The quantitative estimate of drug-likeness (QED) is 0.784. The maximum atomic E-state index is 12.7. The molecule has 1 N–H and O–H groups in total. The van der Waals surface area contributed by atoms with Crippen molar-refractivity contribution in [1.82, 2.24) is 15.2 Å². The average Bonchev–Trinajstić information content (AvgIpc) is 2.89. The predicted molar refractivity (Wildman–Crippen MR) is 70.9 cm³/mol. The normalized spacial score (nSPS) is 11.8. The molecule has 0 atom stereocenters. The second-order valence-electron chi connectivity index (χ2n) is 4.42. The van der Waals surface area contributed by atoms with Crippen LogP contribution in [0.1, 0.15) is 5.56 Å². The molecule has 2 aromatic heterocycles. The molecule has 0 saturated carbocycles. The van der Waals surface area contributed by atoms with Gasteiger partial charge in [0.1, 0.15) is 5.69 Å². The van der Waals surface area contributed by atoms with Gasteiger partial charge in [0, 0.05) is 23.2 Å². The number of fused-ring (bicyclic) bond motifs is 1. The summed E-state index contributed by atoms with van der Waals surface area (Å²) in [7, 11) is 1.50. The van der Waals surface area contributed by atoms with Gasteiger partial charge in [-0.1, -0.05) is 0 Å². The molecular formula is C14H10F3N3O. The topological polar surface area (TPSA) is 50.8 Å². The first-order chi connectivity index (χ1) is 9.99. The number of benzene rings is 1. The molecule has 0 spiro atoms. The minimum Gasteiger partial charge on any atom is -0.481 e. The van der Waals surface area contributed by atoms with Gasteiger partial charge in [-0.25, -0.2) is 4.98 Å². The Kier molecular flexibility index (Phi) is 3.04. The van der Waals surface area contributed by atoms with Crippen molar-refractivity contribution in [3.8, 4) is 17.1 Å². The molecule has 0 bridgehead atoms. The van der Waals surface area contributed by atoms with Gasteiger partial charge >= 0.3 is 6.18 Å². The lowest BCUT2D eigenvalue weighted by Gasteiger charge is -2.06. The van der Waals surface area contributed by atoms with E-state index >= 15 is 0 Å². The molecule has 0 aliphatic heterocycles. The Morgan fingerprint density at radius 2 is 1.95 bits per heavy atom. The van der Waals surface area contributed by atoms with E-state index in [2.05, 4.69) is 15.2 Å². The zero-order valence-electron chi connectivity index (χ0n) is 10.9. The molecule has 0 aliphatic carbocycles. The zero-order chi connectivity index (χ0) is 15.0. The molecule has 4 nitrogen and oxygen atoms in total. The highest BCUT2D eigenvalue weighted by atomic mass is 19.4. The van der Waals surface area contributed by atoms with Crippen LogP contribution < -0.4 is 4.74 Å². The molecule has 0 amide bonds. The Balaban J connectivity index is 2.07. The van der Waals surface area contributed by atoms with Gasteiger partial charge in [0.2, 0.25) is 5.88 Å². The van der Waals surface area contributed by atoms with E-state index in [1.54, 1.807) is 18.3 Å². The van der Waals surface area contributed by atoms with Gasteiger partial charge in [-0.05, 0) is 24.3 Å². The summed E-state index contributed by atoms with van der Waals surface area (Å²) in [6.45, 7) is 0. The average molecular weight is 293 g/mol. The Hall–Kier alpha value is -2.57. The van der Waals surface area contributed by atoms with E-state index in [9.17, 15) is 13.2 Å². The van der Waals surface area contributed by atoms with Crippen LogP contribution in [0.4, 0.5) is 13.2 Å². The van der Waals surface area contributed by atoms with Crippen LogP contribution in [0.3, 0.4) is 0 Å². The van der Waals surface area contributed by atoms with Crippen molar-refractivity contribution >= 4 is 10.9 Å². The number of ether oxygens (including phenoxy) is 1. The maximum Gasteiger partial charge on any atom is 0.416 e. The standard InChI is InChI=1S/C14H10F3N3O/c1-21-12-5-2-8(7-18-12)13-10-4-3-9(14(15,16)17)6-11(10)19-20-13/h2-7H,1H3,(H,19,20). The number of pyridine rings is 1. The molecule has 2 heterocycles. The number of rotatable bonds is 2. The van der Waals surface area contributed by atoms with E-state index in [1.165, 1.54) is 13.2 Å². The van der Waals surface area contributed by atoms with Gasteiger partial charge in [-0.2, -0.15) is 18.3 Å². The van der Waals surface area contributed by atoms with E-state index < -0.39 is 11.7 Å². The minimum atomic E-state index is -4.37. The van der Waals surface area contributed by atoms with Gasteiger partial charge < -0.3 is 4.74 Å². The van der Waals surface area contributed by atoms with Crippen molar-refractivity contribution in [2.24, 2.45) is 0 Å². The molecule has 21 heavy (non-hydrogen) atoms. The monoisotopic (exact) mass is 293 g/mol. The highest BCUT2D eigenvalue weighted by Crippen LogP contribution is 2.33.